The number of carbonyl (C=O) groups excluding carboxylic acids is 2. The van der Waals surface area contributed by atoms with Gasteiger partial charge in [-0.05, 0) is 51.8 Å². The number of nitrogens with one attached hydrogen (secondary N) is 1. The standard InChI is InChI=1S/C25H34N2O2S/c1-6-20(4)26-25(29)21(5)27(17-22-11-7-18(2)8-12-22)24(28)15-16-30-23-13-9-19(3)10-14-23/h7-14,20-21H,6,15-17H2,1-5H3,(H,26,29). The summed E-state index contributed by atoms with van der Waals surface area (Å²) in [7, 11) is 0. The molecule has 2 amide bonds. The third-order valence-corrected chi connectivity index (χ3v) is 6.26. The molecule has 2 unspecified atom stereocenters. The van der Waals surface area contributed by atoms with E-state index in [-0.39, 0.29) is 17.9 Å². The van der Waals surface area contributed by atoms with Crippen molar-refractivity contribution in [2.45, 2.75) is 71.0 Å². The van der Waals surface area contributed by atoms with E-state index in [9.17, 15) is 9.59 Å². The topological polar surface area (TPSA) is 49.4 Å². The second-order valence-corrected chi connectivity index (χ2v) is 9.08. The zero-order valence-corrected chi connectivity index (χ0v) is 19.6. The molecule has 162 valence electrons. The maximum atomic E-state index is 13.1. The van der Waals surface area contributed by atoms with Gasteiger partial charge in [0, 0.05) is 29.7 Å². The Morgan fingerprint density at radius 1 is 0.967 bits per heavy atom. The molecule has 0 heterocycles. The minimum Gasteiger partial charge on any atom is -0.352 e. The van der Waals surface area contributed by atoms with Crippen LogP contribution in [0.3, 0.4) is 0 Å². The number of nitrogens with zero attached hydrogens (tertiary/aromatic N) is 1. The van der Waals surface area contributed by atoms with Crippen LogP contribution in [0.5, 0.6) is 0 Å². The van der Waals surface area contributed by atoms with Gasteiger partial charge in [-0.3, -0.25) is 9.59 Å². The van der Waals surface area contributed by atoms with E-state index in [0.29, 0.717) is 18.7 Å². The molecule has 0 fully saturated rings. The van der Waals surface area contributed by atoms with Gasteiger partial charge >= 0.3 is 0 Å². The minimum atomic E-state index is -0.517. The summed E-state index contributed by atoms with van der Waals surface area (Å²) in [5.74, 6) is 0.587. The van der Waals surface area contributed by atoms with Crippen molar-refractivity contribution in [3.05, 3.63) is 65.2 Å². The highest BCUT2D eigenvalue weighted by Gasteiger charge is 2.26. The van der Waals surface area contributed by atoms with Gasteiger partial charge < -0.3 is 10.2 Å². The van der Waals surface area contributed by atoms with E-state index < -0.39 is 6.04 Å². The Kier molecular flexibility index (Phi) is 9.44. The molecule has 0 saturated heterocycles. The summed E-state index contributed by atoms with van der Waals surface area (Å²) in [6.45, 7) is 10.4. The van der Waals surface area contributed by atoms with E-state index >= 15 is 0 Å². The van der Waals surface area contributed by atoms with Crippen molar-refractivity contribution in [3.8, 4) is 0 Å². The van der Waals surface area contributed by atoms with E-state index in [1.54, 1.807) is 16.7 Å². The molecule has 30 heavy (non-hydrogen) atoms. The van der Waals surface area contributed by atoms with Crippen LogP contribution >= 0.6 is 11.8 Å². The van der Waals surface area contributed by atoms with Crippen molar-refractivity contribution in [2.75, 3.05) is 5.75 Å². The Labute approximate surface area is 185 Å². The molecule has 0 aliphatic heterocycles. The maximum Gasteiger partial charge on any atom is 0.242 e. The first-order valence-electron chi connectivity index (χ1n) is 10.6. The van der Waals surface area contributed by atoms with Gasteiger partial charge in [-0.25, -0.2) is 0 Å². The van der Waals surface area contributed by atoms with Gasteiger partial charge in [0.05, 0.1) is 0 Å². The predicted molar refractivity (Wildman–Crippen MR) is 126 cm³/mol. The van der Waals surface area contributed by atoms with Crippen LogP contribution in [-0.2, 0) is 16.1 Å². The molecular weight excluding hydrogens is 392 g/mol. The summed E-state index contributed by atoms with van der Waals surface area (Å²) >= 11 is 1.67. The second-order valence-electron chi connectivity index (χ2n) is 7.91. The van der Waals surface area contributed by atoms with Gasteiger partial charge in [-0.1, -0.05) is 54.4 Å². The highest BCUT2D eigenvalue weighted by molar-refractivity contribution is 7.99. The molecule has 2 aromatic rings. The first kappa shape index (κ1) is 24.0. The van der Waals surface area contributed by atoms with Gasteiger partial charge in [0.25, 0.3) is 0 Å². The lowest BCUT2D eigenvalue weighted by atomic mass is 10.1. The second kappa shape index (κ2) is 11.8. The molecule has 4 nitrogen and oxygen atoms in total. The largest absolute Gasteiger partial charge is 0.352 e. The number of hydrogen-bond acceptors (Lipinski definition) is 3. The lowest BCUT2D eigenvalue weighted by molar-refractivity contribution is -0.140. The number of aryl methyl sites for hydroxylation is 2. The Balaban J connectivity index is 2.06. The van der Waals surface area contributed by atoms with Crippen LogP contribution in [0.15, 0.2) is 53.4 Å². The Morgan fingerprint density at radius 3 is 2.10 bits per heavy atom. The zero-order valence-electron chi connectivity index (χ0n) is 18.8. The molecule has 2 atom stereocenters. The highest BCUT2D eigenvalue weighted by atomic mass is 32.2. The fourth-order valence-electron chi connectivity index (χ4n) is 2.97. The molecule has 0 saturated carbocycles. The van der Waals surface area contributed by atoms with E-state index in [0.717, 1.165) is 16.9 Å². The third-order valence-electron chi connectivity index (χ3n) is 5.25. The Morgan fingerprint density at radius 2 is 1.53 bits per heavy atom. The molecule has 2 aromatic carbocycles. The van der Waals surface area contributed by atoms with E-state index in [2.05, 4.69) is 36.5 Å². The first-order valence-corrected chi connectivity index (χ1v) is 11.6. The van der Waals surface area contributed by atoms with Crippen molar-refractivity contribution in [1.29, 1.82) is 0 Å². The molecule has 2 rings (SSSR count). The summed E-state index contributed by atoms with van der Waals surface area (Å²) in [5.41, 5.74) is 3.43. The maximum absolute atomic E-state index is 13.1. The molecule has 5 heteroatoms. The van der Waals surface area contributed by atoms with Crippen LogP contribution in [0.25, 0.3) is 0 Å². The smallest absolute Gasteiger partial charge is 0.242 e. The number of amides is 2. The average molecular weight is 427 g/mol. The number of thioether (sulfide) groups is 1. The molecule has 1 N–H and O–H groups in total. The van der Waals surface area contributed by atoms with Crippen LogP contribution in [0.1, 0.15) is 50.3 Å². The SMILES string of the molecule is CCC(C)NC(=O)C(C)N(Cc1ccc(C)cc1)C(=O)CCSc1ccc(C)cc1. The number of benzene rings is 2. The summed E-state index contributed by atoms with van der Waals surface area (Å²) in [6, 6.07) is 16.0. The number of hydrogen-bond donors (Lipinski definition) is 1. The zero-order chi connectivity index (χ0) is 22.1. The Bertz CT molecular complexity index is 818. The van der Waals surface area contributed by atoms with Crippen molar-refractivity contribution in [3.63, 3.8) is 0 Å². The van der Waals surface area contributed by atoms with Gasteiger partial charge in [0.1, 0.15) is 6.04 Å². The number of rotatable bonds is 10. The van der Waals surface area contributed by atoms with Crippen molar-refractivity contribution >= 4 is 23.6 Å². The third kappa shape index (κ3) is 7.52. The fourth-order valence-corrected chi connectivity index (χ4v) is 3.81. The molecular formula is C25H34N2O2S. The Hall–Kier alpha value is -2.27. The van der Waals surface area contributed by atoms with Gasteiger partial charge in [-0.15, -0.1) is 11.8 Å². The highest BCUT2D eigenvalue weighted by Crippen LogP contribution is 2.20. The van der Waals surface area contributed by atoms with Gasteiger partial charge in [0.2, 0.25) is 11.8 Å². The lowest BCUT2D eigenvalue weighted by Crippen LogP contribution is -2.49. The normalized spacial score (nSPS) is 12.8. The summed E-state index contributed by atoms with van der Waals surface area (Å²) in [4.78, 5) is 28.7. The summed E-state index contributed by atoms with van der Waals surface area (Å²) in [5, 5.41) is 3.01. The first-order chi connectivity index (χ1) is 14.3. The fraction of sp³-hybridized carbons (Fsp3) is 0.440. The lowest BCUT2D eigenvalue weighted by Gasteiger charge is -2.29. The van der Waals surface area contributed by atoms with Crippen LogP contribution < -0.4 is 5.32 Å². The van der Waals surface area contributed by atoms with Crippen LogP contribution in [0.2, 0.25) is 0 Å². The quantitative estimate of drug-likeness (QED) is 0.537. The van der Waals surface area contributed by atoms with Gasteiger partial charge in [-0.2, -0.15) is 0 Å². The molecule has 0 radical (unpaired) electrons. The minimum absolute atomic E-state index is 0.00184. The number of carbonyl (C=O) groups is 2. The molecule has 0 aliphatic rings. The molecule has 0 spiro atoms. The van der Waals surface area contributed by atoms with Crippen molar-refractivity contribution < 1.29 is 9.59 Å². The van der Waals surface area contributed by atoms with Crippen LogP contribution in [0.4, 0.5) is 0 Å². The van der Waals surface area contributed by atoms with E-state index in [1.165, 1.54) is 11.1 Å². The predicted octanol–water partition coefficient (Wildman–Crippen LogP) is 5.12. The summed E-state index contributed by atoms with van der Waals surface area (Å²) < 4.78 is 0. The van der Waals surface area contributed by atoms with E-state index in [4.69, 9.17) is 0 Å². The van der Waals surface area contributed by atoms with Crippen LogP contribution in [0, 0.1) is 13.8 Å². The monoisotopic (exact) mass is 426 g/mol. The van der Waals surface area contributed by atoms with Crippen molar-refractivity contribution in [1.82, 2.24) is 10.2 Å². The van der Waals surface area contributed by atoms with Crippen LogP contribution in [-0.4, -0.2) is 34.6 Å². The van der Waals surface area contributed by atoms with Crippen molar-refractivity contribution in [2.24, 2.45) is 0 Å². The average Bonchev–Trinajstić information content (AvgIpc) is 2.74. The molecule has 0 bridgehead atoms. The van der Waals surface area contributed by atoms with E-state index in [1.807, 2.05) is 52.0 Å². The molecule has 0 aliphatic carbocycles. The summed E-state index contributed by atoms with van der Waals surface area (Å²) in [6.07, 6.45) is 1.25. The van der Waals surface area contributed by atoms with Gasteiger partial charge in [0.15, 0.2) is 0 Å². The molecule has 0 aromatic heterocycles.